The fraction of sp³-hybridized carbons (Fsp3) is 0.857. The van der Waals surface area contributed by atoms with Gasteiger partial charge in [0, 0.05) is 22.3 Å². The van der Waals surface area contributed by atoms with E-state index in [1.807, 2.05) is 6.79 Å². The number of carbonyl (C=O) groups is 1. The Morgan fingerprint density at radius 1 is 0.857 bits per heavy atom. The summed E-state index contributed by atoms with van der Waals surface area (Å²) >= 11 is 0. The SMILES string of the molecule is C=O.C[Si](C)(C)CC(O)C[Si](C)(C)C.[CH2-][Si](C)(C)C.[Cl-].[Mg+2]. The standard InChI is InChI=1S/C9H24OSi2.C4H11Si.CH2O.ClH.Mg/c1-11(2,3)7-9(10)8-12(4,5)6;1-5(2,3)4;1-2;;/h9-10H,7-8H2,1-6H3;1H2,2-4H3;1H2;1H;/q;-1;;;+2/p-1. The molecule has 0 aromatic carbocycles. The first kappa shape index (κ1) is 33.8. The van der Waals surface area contributed by atoms with E-state index in [9.17, 15) is 5.11 Å². The van der Waals surface area contributed by atoms with Crippen molar-refractivity contribution in [1.29, 1.82) is 0 Å². The van der Waals surface area contributed by atoms with Crippen molar-refractivity contribution in [3.8, 4) is 0 Å². The summed E-state index contributed by atoms with van der Waals surface area (Å²) in [6, 6.07) is 2.13. The fourth-order valence-electron chi connectivity index (χ4n) is 1.49. The van der Waals surface area contributed by atoms with Gasteiger partial charge >= 0.3 is 23.1 Å². The van der Waals surface area contributed by atoms with Gasteiger partial charge in [-0.15, -0.1) is 8.07 Å². The number of hydrogen-bond acceptors (Lipinski definition) is 2. The first-order valence-electron chi connectivity index (χ1n) is 6.92. The van der Waals surface area contributed by atoms with Crippen molar-refractivity contribution in [3.63, 3.8) is 0 Å². The van der Waals surface area contributed by atoms with Crippen molar-refractivity contribution in [3.05, 3.63) is 6.55 Å². The average molecular weight is 381 g/mol. The Morgan fingerprint density at radius 2 is 1.00 bits per heavy atom. The van der Waals surface area contributed by atoms with Crippen molar-refractivity contribution in [1.82, 2.24) is 0 Å². The second-order valence-corrected chi connectivity index (χ2v) is 24.9. The minimum atomic E-state index is -1.05. The largest absolute Gasteiger partial charge is 2.00 e. The molecule has 0 fully saturated rings. The van der Waals surface area contributed by atoms with Gasteiger partial charge in [-0.05, 0) is 12.1 Å². The normalized spacial score (nSPS) is 11.0. The zero-order valence-corrected chi connectivity index (χ0v) is 21.0. The summed E-state index contributed by atoms with van der Waals surface area (Å²) in [5.74, 6) is 0. The molecule has 0 spiro atoms. The number of carbonyl (C=O) groups excluding carboxylic acids is 1. The summed E-state index contributed by atoms with van der Waals surface area (Å²) in [7, 11) is -2.96. The van der Waals surface area contributed by atoms with Crippen molar-refractivity contribution in [2.24, 2.45) is 0 Å². The van der Waals surface area contributed by atoms with Crippen LogP contribution in [0, 0.1) is 6.55 Å². The van der Waals surface area contributed by atoms with Gasteiger partial charge in [0.25, 0.3) is 0 Å². The van der Waals surface area contributed by atoms with Gasteiger partial charge in [-0.3, -0.25) is 0 Å². The molecule has 0 radical (unpaired) electrons. The smallest absolute Gasteiger partial charge is 1.00 e. The number of halogens is 1. The predicted molar refractivity (Wildman–Crippen MR) is 104 cm³/mol. The fourth-order valence-corrected chi connectivity index (χ4v) is 4.89. The Balaban J connectivity index is -0.0000000813. The Labute approximate surface area is 159 Å². The molecule has 0 rings (SSSR count). The van der Waals surface area contributed by atoms with E-state index in [1.165, 1.54) is 0 Å². The first-order valence-corrected chi connectivity index (χ1v) is 18.0. The topological polar surface area (TPSA) is 37.3 Å². The van der Waals surface area contributed by atoms with E-state index in [0.29, 0.717) is 0 Å². The maximum Gasteiger partial charge on any atom is 2.00 e. The number of hydrogen-bond donors (Lipinski definition) is 1. The average Bonchev–Trinajstić information content (AvgIpc) is 1.96. The molecule has 0 unspecified atom stereocenters. The van der Waals surface area contributed by atoms with Gasteiger partial charge < -0.3 is 28.9 Å². The van der Waals surface area contributed by atoms with E-state index in [-0.39, 0.29) is 41.6 Å². The second-order valence-electron chi connectivity index (χ2n) is 8.74. The summed E-state index contributed by atoms with van der Waals surface area (Å²) in [5, 5.41) is 9.79. The van der Waals surface area contributed by atoms with Crippen LogP contribution in [0.25, 0.3) is 0 Å². The van der Waals surface area contributed by atoms with Crippen LogP contribution in [0.5, 0.6) is 0 Å². The third kappa shape index (κ3) is 62.1. The maximum atomic E-state index is 9.79. The molecule has 0 saturated heterocycles. The molecular weight excluding hydrogens is 344 g/mol. The molecule has 7 heteroatoms. The molecular formula is C14H37ClMgO2Si3. The molecule has 21 heavy (non-hydrogen) atoms. The van der Waals surface area contributed by atoms with Crippen LogP contribution in [0.1, 0.15) is 0 Å². The van der Waals surface area contributed by atoms with E-state index < -0.39 is 24.2 Å². The van der Waals surface area contributed by atoms with E-state index in [4.69, 9.17) is 4.79 Å². The van der Waals surface area contributed by atoms with Crippen LogP contribution in [0.15, 0.2) is 0 Å². The number of aliphatic hydroxyl groups excluding tert-OH is 1. The molecule has 0 aliphatic carbocycles. The summed E-state index contributed by atoms with van der Waals surface area (Å²) < 4.78 is 0. The minimum absolute atomic E-state index is 0. The van der Waals surface area contributed by atoms with Crippen molar-refractivity contribution >= 4 is 54.1 Å². The van der Waals surface area contributed by atoms with E-state index in [1.54, 1.807) is 0 Å². The van der Waals surface area contributed by atoms with E-state index >= 15 is 0 Å². The van der Waals surface area contributed by atoms with Gasteiger partial charge in [0.1, 0.15) is 6.79 Å². The third-order valence-corrected chi connectivity index (χ3v) is 5.09. The molecule has 0 amide bonds. The summed E-state index contributed by atoms with van der Waals surface area (Å²) in [6.45, 7) is 26.5. The zero-order valence-electron chi connectivity index (χ0n) is 15.8. The Hall–Kier alpha value is 1.34. The van der Waals surface area contributed by atoms with Crippen LogP contribution in [0.4, 0.5) is 0 Å². The van der Waals surface area contributed by atoms with Crippen LogP contribution in [-0.2, 0) is 4.79 Å². The monoisotopic (exact) mass is 380 g/mol. The third-order valence-electron chi connectivity index (χ3n) is 1.70. The number of aliphatic hydroxyl groups is 1. The Morgan fingerprint density at radius 3 is 1.10 bits per heavy atom. The molecule has 0 atom stereocenters. The van der Waals surface area contributed by atoms with E-state index in [0.717, 1.165) is 12.1 Å². The van der Waals surface area contributed by atoms with Crippen LogP contribution in [-0.4, -0.2) is 65.3 Å². The van der Waals surface area contributed by atoms with Gasteiger partial charge in [0.05, 0.1) is 0 Å². The van der Waals surface area contributed by atoms with Crippen molar-refractivity contribution in [2.75, 3.05) is 0 Å². The quantitative estimate of drug-likeness (QED) is 0.586. The summed E-state index contributed by atoms with van der Waals surface area (Å²) in [4.78, 5) is 8.00. The van der Waals surface area contributed by atoms with Gasteiger partial charge in [-0.25, -0.2) is 0 Å². The summed E-state index contributed by atoms with van der Waals surface area (Å²) in [6.07, 6.45) is -0.0247. The Kier molecular flexibility index (Phi) is 24.0. The minimum Gasteiger partial charge on any atom is -1.00 e. The van der Waals surface area contributed by atoms with E-state index in [2.05, 4.69) is 65.5 Å². The second kappa shape index (κ2) is 14.9. The molecule has 0 aromatic rings. The van der Waals surface area contributed by atoms with Crippen LogP contribution in [0.3, 0.4) is 0 Å². The molecule has 0 aliphatic rings. The van der Waals surface area contributed by atoms with Gasteiger partial charge in [0.15, 0.2) is 0 Å². The maximum absolute atomic E-state index is 9.79. The molecule has 0 bridgehead atoms. The van der Waals surface area contributed by atoms with Crippen LogP contribution in [0.2, 0.25) is 71.0 Å². The summed E-state index contributed by atoms with van der Waals surface area (Å²) in [5.41, 5.74) is 0. The van der Waals surface area contributed by atoms with Gasteiger partial charge in [0.2, 0.25) is 0 Å². The molecule has 2 nitrogen and oxygen atoms in total. The van der Waals surface area contributed by atoms with Crippen LogP contribution >= 0.6 is 0 Å². The molecule has 1 N–H and O–H groups in total. The molecule has 0 saturated carbocycles. The van der Waals surface area contributed by atoms with Gasteiger partial charge in [-0.2, -0.15) is 0 Å². The Bertz CT molecular complexity index is 202. The number of rotatable bonds is 4. The zero-order chi connectivity index (χ0) is 16.5. The van der Waals surface area contributed by atoms with Crippen molar-refractivity contribution in [2.45, 2.75) is 77.1 Å². The van der Waals surface area contributed by atoms with Crippen molar-refractivity contribution < 1.29 is 22.3 Å². The predicted octanol–water partition coefficient (Wildman–Crippen LogP) is 1.16. The van der Waals surface area contributed by atoms with Gasteiger partial charge in [-0.1, -0.05) is 58.9 Å². The molecule has 0 heterocycles. The van der Waals surface area contributed by atoms with Crippen LogP contribution < -0.4 is 12.4 Å². The molecule has 0 aliphatic heterocycles. The molecule has 126 valence electrons. The molecule has 0 aromatic heterocycles. The first-order chi connectivity index (χ1) is 8.10.